The molecular formula is C13H18N4OS. The zero-order valence-corrected chi connectivity index (χ0v) is 12.1. The van der Waals surface area contributed by atoms with Gasteiger partial charge in [-0.1, -0.05) is 31.0 Å². The van der Waals surface area contributed by atoms with E-state index in [1.807, 2.05) is 13.2 Å². The van der Waals surface area contributed by atoms with Gasteiger partial charge in [0, 0.05) is 6.04 Å². The summed E-state index contributed by atoms with van der Waals surface area (Å²) in [5.74, 6) is 1.65. The average molecular weight is 278 g/mol. The number of hydrogen-bond donors (Lipinski definition) is 0. The van der Waals surface area contributed by atoms with Gasteiger partial charge in [0.05, 0.1) is 0 Å². The maximum atomic E-state index is 5.31. The van der Waals surface area contributed by atoms with Crippen molar-refractivity contribution in [2.45, 2.75) is 50.2 Å². The highest BCUT2D eigenvalue weighted by Gasteiger charge is 2.25. The van der Waals surface area contributed by atoms with Crippen LogP contribution in [0.5, 0.6) is 0 Å². The Labute approximate surface area is 116 Å². The Morgan fingerprint density at radius 2 is 2.05 bits per heavy atom. The Morgan fingerprint density at radius 3 is 2.68 bits per heavy atom. The van der Waals surface area contributed by atoms with E-state index in [2.05, 4.69) is 19.7 Å². The van der Waals surface area contributed by atoms with Crippen LogP contribution in [0.4, 0.5) is 0 Å². The smallest absolute Gasteiger partial charge is 0.191 e. The molecule has 19 heavy (non-hydrogen) atoms. The van der Waals surface area contributed by atoms with Gasteiger partial charge in [-0.25, -0.2) is 4.98 Å². The standard InChI is InChI=1S/C13H18N4OS/c1-9-11(14-8-18-9)12-15-16-13(19-2)17(12)10-6-4-3-5-7-10/h8,10H,3-7H2,1-2H3. The molecule has 2 heterocycles. The normalized spacial score (nSPS) is 16.9. The van der Waals surface area contributed by atoms with Crippen molar-refractivity contribution in [2.75, 3.05) is 6.26 Å². The van der Waals surface area contributed by atoms with Crippen molar-refractivity contribution in [1.29, 1.82) is 0 Å². The van der Waals surface area contributed by atoms with Crippen LogP contribution in [0, 0.1) is 6.92 Å². The van der Waals surface area contributed by atoms with Crippen molar-refractivity contribution >= 4 is 11.8 Å². The minimum atomic E-state index is 0.498. The van der Waals surface area contributed by atoms with E-state index in [0.29, 0.717) is 6.04 Å². The lowest BCUT2D eigenvalue weighted by molar-refractivity contribution is 0.339. The molecule has 0 spiro atoms. The molecule has 0 saturated heterocycles. The summed E-state index contributed by atoms with van der Waals surface area (Å²) in [7, 11) is 0. The van der Waals surface area contributed by atoms with Gasteiger partial charge < -0.3 is 4.42 Å². The first kappa shape index (κ1) is 12.7. The van der Waals surface area contributed by atoms with E-state index in [1.165, 1.54) is 38.5 Å². The molecule has 0 unspecified atom stereocenters. The van der Waals surface area contributed by atoms with Gasteiger partial charge in [0.25, 0.3) is 0 Å². The summed E-state index contributed by atoms with van der Waals surface area (Å²) in [6.45, 7) is 1.92. The number of hydrogen-bond acceptors (Lipinski definition) is 5. The van der Waals surface area contributed by atoms with E-state index >= 15 is 0 Å². The third kappa shape index (κ3) is 2.29. The van der Waals surface area contributed by atoms with E-state index in [4.69, 9.17) is 4.42 Å². The summed E-state index contributed by atoms with van der Waals surface area (Å²) in [5.41, 5.74) is 0.818. The van der Waals surface area contributed by atoms with E-state index in [-0.39, 0.29) is 0 Å². The largest absolute Gasteiger partial charge is 0.448 e. The first-order chi connectivity index (χ1) is 9.31. The summed E-state index contributed by atoms with van der Waals surface area (Å²) in [6, 6.07) is 0.498. The average Bonchev–Trinajstić information content (AvgIpc) is 3.05. The summed E-state index contributed by atoms with van der Waals surface area (Å²) >= 11 is 1.64. The molecular weight excluding hydrogens is 260 g/mol. The van der Waals surface area contributed by atoms with Gasteiger partial charge in [0.15, 0.2) is 17.4 Å². The lowest BCUT2D eigenvalue weighted by Gasteiger charge is -2.25. The SMILES string of the molecule is CSc1nnc(-c2ncoc2C)n1C1CCCCC1. The van der Waals surface area contributed by atoms with Crippen LogP contribution in [0.25, 0.3) is 11.5 Å². The van der Waals surface area contributed by atoms with Gasteiger partial charge in [-0.05, 0) is 26.0 Å². The van der Waals surface area contributed by atoms with Gasteiger partial charge in [0.1, 0.15) is 11.5 Å². The second-order valence-corrected chi connectivity index (χ2v) is 5.70. The van der Waals surface area contributed by atoms with Crippen LogP contribution in [-0.4, -0.2) is 26.0 Å². The van der Waals surface area contributed by atoms with E-state index < -0.39 is 0 Å². The van der Waals surface area contributed by atoms with Crippen LogP contribution in [-0.2, 0) is 0 Å². The molecule has 0 amide bonds. The summed E-state index contributed by atoms with van der Waals surface area (Å²) in [5, 5.41) is 9.61. The molecule has 2 aromatic rings. The molecule has 1 aliphatic rings. The lowest BCUT2D eigenvalue weighted by Crippen LogP contribution is -2.15. The van der Waals surface area contributed by atoms with Crippen LogP contribution >= 0.6 is 11.8 Å². The second kappa shape index (κ2) is 5.36. The van der Waals surface area contributed by atoms with Crippen molar-refractivity contribution in [2.24, 2.45) is 0 Å². The zero-order chi connectivity index (χ0) is 13.2. The second-order valence-electron chi connectivity index (χ2n) is 4.93. The quantitative estimate of drug-likeness (QED) is 0.805. The zero-order valence-electron chi connectivity index (χ0n) is 11.3. The molecule has 6 heteroatoms. The van der Waals surface area contributed by atoms with Crippen LogP contribution in [0.1, 0.15) is 43.9 Å². The molecule has 1 saturated carbocycles. The van der Waals surface area contributed by atoms with Crippen LogP contribution in [0.2, 0.25) is 0 Å². The van der Waals surface area contributed by atoms with E-state index in [9.17, 15) is 0 Å². The maximum Gasteiger partial charge on any atom is 0.191 e. The first-order valence-electron chi connectivity index (χ1n) is 6.70. The number of rotatable bonds is 3. The highest BCUT2D eigenvalue weighted by molar-refractivity contribution is 7.98. The molecule has 0 radical (unpaired) electrons. The predicted octanol–water partition coefficient (Wildman–Crippen LogP) is 3.47. The topological polar surface area (TPSA) is 56.7 Å². The van der Waals surface area contributed by atoms with Crippen molar-refractivity contribution in [1.82, 2.24) is 19.7 Å². The Balaban J connectivity index is 2.05. The molecule has 0 bridgehead atoms. The molecule has 2 aromatic heterocycles. The molecule has 1 aliphatic carbocycles. The van der Waals surface area contributed by atoms with Gasteiger partial charge in [-0.3, -0.25) is 4.57 Å². The molecule has 5 nitrogen and oxygen atoms in total. The van der Waals surface area contributed by atoms with Crippen LogP contribution < -0.4 is 0 Å². The molecule has 0 atom stereocenters. The Hall–Kier alpha value is -1.30. The Kier molecular flexibility index (Phi) is 3.59. The molecule has 0 N–H and O–H groups in total. The van der Waals surface area contributed by atoms with Crippen molar-refractivity contribution in [3.63, 3.8) is 0 Å². The van der Waals surface area contributed by atoms with Gasteiger partial charge in [-0.15, -0.1) is 10.2 Å². The number of aromatic nitrogens is 4. The third-order valence-electron chi connectivity index (χ3n) is 3.74. The third-order valence-corrected chi connectivity index (χ3v) is 4.39. The molecule has 0 aromatic carbocycles. The molecule has 0 aliphatic heterocycles. The molecule has 3 rings (SSSR count). The van der Waals surface area contributed by atoms with Crippen molar-refractivity contribution in [3.8, 4) is 11.5 Å². The Morgan fingerprint density at radius 1 is 1.26 bits per heavy atom. The number of thioether (sulfide) groups is 1. The van der Waals surface area contributed by atoms with Gasteiger partial charge in [-0.2, -0.15) is 0 Å². The lowest BCUT2D eigenvalue weighted by atomic mass is 9.95. The number of aryl methyl sites for hydroxylation is 1. The summed E-state index contributed by atoms with van der Waals surface area (Å²) in [6.07, 6.45) is 9.84. The Bertz CT molecular complexity index is 557. The van der Waals surface area contributed by atoms with Gasteiger partial charge >= 0.3 is 0 Å². The van der Waals surface area contributed by atoms with E-state index in [0.717, 1.165) is 22.4 Å². The monoisotopic (exact) mass is 278 g/mol. The highest BCUT2D eigenvalue weighted by Crippen LogP contribution is 2.35. The maximum absolute atomic E-state index is 5.31. The molecule has 102 valence electrons. The minimum Gasteiger partial charge on any atom is -0.448 e. The van der Waals surface area contributed by atoms with Crippen molar-refractivity contribution in [3.05, 3.63) is 12.2 Å². The van der Waals surface area contributed by atoms with Crippen LogP contribution in [0.3, 0.4) is 0 Å². The fraction of sp³-hybridized carbons (Fsp3) is 0.615. The first-order valence-corrected chi connectivity index (χ1v) is 7.93. The molecule has 1 fully saturated rings. The van der Waals surface area contributed by atoms with Crippen molar-refractivity contribution < 1.29 is 4.42 Å². The fourth-order valence-electron chi connectivity index (χ4n) is 2.77. The number of nitrogens with zero attached hydrogens (tertiary/aromatic N) is 4. The predicted molar refractivity (Wildman–Crippen MR) is 74.2 cm³/mol. The summed E-state index contributed by atoms with van der Waals surface area (Å²) in [4.78, 5) is 4.29. The highest BCUT2D eigenvalue weighted by atomic mass is 32.2. The number of oxazole rings is 1. The fourth-order valence-corrected chi connectivity index (χ4v) is 3.32. The minimum absolute atomic E-state index is 0.498. The summed E-state index contributed by atoms with van der Waals surface area (Å²) < 4.78 is 7.56. The van der Waals surface area contributed by atoms with Crippen LogP contribution in [0.15, 0.2) is 16.0 Å². The van der Waals surface area contributed by atoms with E-state index in [1.54, 1.807) is 11.8 Å². The van der Waals surface area contributed by atoms with Gasteiger partial charge in [0.2, 0.25) is 0 Å².